The van der Waals surface area contributed by atoms with Crippen LogP contribution < -0.4 is 4.74 Å². The van der Waals surface area contributed by atoms with Crippen LogP contribution >= 0.6 is 15.9 Å². The highest BCUT2D eigenvalue weighted by atomic mass is 79.9. The number of ether oxygens (including phenoxy) is 2. The molecule has 0 unspecified atom stereocenters. The van der Waals surface area contributed by atoms with E-state index in [1.165, 1.54) is 0 Å². The molecule has 5 nitrogen and oxygen atoms in total. The number of rotatable bonds is 6. The second kappa shape index (κ2) is 9.51. The van der Waals surface area contributed by atoms with Crippen molar-refractivity contribution in [3.8, 4) is 5.75 Å². The van der Waals surface area contributed by atoms with Gasteiger partial charge in [0.1, 0.15) is 5.75 Å². The van der Waals surface area contributed by atoms with E-state index in [9.17, 15) is 9.59 Å². The van der Waals surface area contributed by atoms with Gasteiger partial charge in [-0.1, -0.05) is 33.8 Å². The van der Waals surface area contributed by atoms with E-state index in [1.54, 1.807) is 7.11 Å². The predicted molar refractivity (Wildman–Crippen MR) is 141 cm³/mol. The summed E-state index contributed by atoms with van der Waals surface area (Å²) in [6.07, 6.45) is 2.62. The van der Waals surface area contributed by atoms with Crippen molar-refractivity contribution in [1.82, 2.24) is 4.90 Å². The average Bonchev–Trinajstić information content (AvgIpc) is 2.71. The molecule has 1 heterocycles. The molecule has 6 heteroatoms. The molecule has 0 amide bonds. The Kier molecular flexibility index (Phi) is 7.11. The maximum Gasteiger partial charge on any atom is 0.162 e. The molecule has 0 bridgehead atoms. The maximum absolute atomic E-state index is 13.8. The van der Waals surface area contributed by atoms with Crippen molar-refractivity contribution in [2.24, 2.45) is 10.8 Å². The summed E-state index contributed by atoms with van der Waals surface area (Å²) >= 11 is 3.68. The van der Waals surface area contributed by atoms with Crippen molar-refractivity contribution in [3.63, 3.8) is 0 Å². The molecule has 0 radical (unpaired) electrons. The van der Waals surface area contributed by atoms with Gasteiger partial charge in [-0.15, -0.1) is 0 Å². The SMILES string of the molecule is COCCN1C2=C(C(=O)CC(C)(C)C2)C(c2ccc(OC(C)C)c(Br)c2)C2=C1CC(C)(C)CC2=O. The van der Waals surface area contributed by atoms with Gasteiger partial charge < -0.3 is 14.4 Å². The van der Waals surface area contributed by atoms with Gasteiger partial charge in [0, 0.05) is 55.0 Å². The second-order valence-corrected chi connectivity index (χ2v) is 12.9. The molecule has 3 aliphatic rings. The number of allylic oxidation sites excluding steroid dienone is 4. The molecule has 0 saturated heterocycles. The van der Waals surface area contributed by atoms with Crippen molar-refractivity contribution in [1.29, 1.82) is 0 Å². The highest BCUT2D eigenvalue weighted by Gasteiger charge is 2.48. The summed E-state index contributed by atoms with van der Waals surface area (Å²) in [6, 6.07) is 6.00. The summed E-state index contributed by atoms with van der Waals surface area (Å²) in [7, 11) is 1.70. The van der Waals surface area contributed by atoms with Gasteiger partial charge >= 0.3 is 0 Å². The third-order valence-corrected chi connectivity index (χ3v) is 7.81. The lowest BCUT2D eigenvalue weighted by molar-refractivity contribution is -0.119. The van der Waals surface area contributed by atoms with Crippen LogP contribution in [0.4, 0.5) is 0 Å². The average molecular weight is 545 g/mol. The Morgan fingerprint density at radius 1 is 0.971 bits per heavy atom. The summed E-state index contributed by atoms with van der Waals surface area (Å²) in [5.74, 6) is 0.699. The van der Waals surface area contributed by atoms with Crippen LogP contribution in [0.1, 0.15) is 78.7 Å². The number of nitrogens with zero attached hydrogens (tertiary/aromatic N) is 1. The Labute approximate surface area is 218 Å². The normalized spacial score (nSPS) is 22.0. The summed E-state index contributed by atoms with van der Waals surface area (Å²) in [6.45, 7) is 13.8. The molecule has 0 saturated carbocycles. The maximum atomic E-state index is 13.8. The van der Waals surface area contributed by atoms with E-state index < -0.39 is 0 Å². The van der Waals surface area contributed by atoms with Crippen LogP contribution in [-0.4, -0.2) is 42.8 Å². The Morgan fingerprint density at radius 2 is 1.51 bits per heavy atom. The van der Waals surface area contributed by atoms with Crippen LogP contribution in [0.3, 0.4) is 0 Å². The van der Waals surface area contributed by atoms with E-state index in [1.807, 2.05) is 32.0 Å². The van der Waals surface area contributed by atoms with Gasteiger partial charge in [-0.25, -0.2) is 0 Å². The lowest BCUT2D eigenvalue weighted by Crippen LogP contribution is -2.45. The van der Waals surface area contributed by atoms with Crippen LogP contribution in [0.5, 0.6) is 5.75 Å². The lowest BCUT2D eigenvalue weighted by atomic mass is 9.63. The van der Waals surface area contributed by atoms with Crippen LogP contribution in [0.15, 0.2) is 45.2 Å². The molecular formula is C29H38BrNO4. The minimum absolute atomic E-state index is 0.0501. The smallest absolute Gasteiger partial charge is 0.162 e. The summed E-state index contributed by atoms with van der Waals surface area (Å²) < 4.78 is 12.2. The molecular weight excluding hydrogens is 506 g/mol. The first-order chi connectivity index (χ1) is 16.3. The van der Waals surface area contributed by atoms with Gasteiger partial charge in [0.25, 0.3) is 0 Å². The van der Waals surface area contributed by atoms with E-state index in [4.69, 9.17) is 9.47 Å². The number of carbonyl (C=O) groups is 2. The van der Waals surface area contributed by atoms with Gasteiger partial charge in [-0.3, -0.25) is 9.59 Å². The first-order valence-corrected chi connectivity index (χ1v) is 13.4. The summed E-state index contributed by atoms with van der Waals surface area (Å²) in [4.78, 5) is 29.8. The van der Waals surface area contributed by atoms with Crippen LogP contribution in [0.25, 0.3) is 0 Å². The minimum Gasteiger partial charge on any atom is -0.490 e. The topological polar surface area (TPSA) is 55.8 Å². The fourth-order valence-corrected chi connectivity index (χ4v) is 6.37. The van der Waals surface area contributed by atoms with Crippen molar-refractivity contribution in [3.05, 3.63) is 50.8 Å². The Balaban J connectivity index is 1.94. The molecule has 2 aliphatic carbocycles. The highest BCUT2D eigenvalue weighted by Crippen LogP contribution is 2.54. The molecule has 1 aliphatic heterocycles. The number of hydrogen-bond donors (Lipinski definition) is 0. The highest BCUT2D eigenvalue weighted by molar-refractivity contribution is 9.10. The Morgan fingerprint density at radius 3 is 1.97 bits per heavy atom. The van der Waals surface area contributed by atoms with Gasteiger partial charge in [0.15, 0.2) is 11.6 Å². The molecule has 190 valence electrons. The number of hydrogen-bond acceptors (Lipinski definition) is 5. The Bertz CT molecular complexity index is 1060. The van der Waals surface area contributed by atoms with Gasteiger partial charge in [0.05, 0.1) is 17.2 Å². The van der Waals surface area contributed by atoms with E-state index in [-0.39, 0.29) is 34.4 Å². The van der Waals surface area contributed by atoms with Crippen molar-refractivity contribution >= 4 is 27.5 Å². The quantitative estimate of drug-likeness (QED) is 0.406. The zero-order chi connectivity index (χ0) is 25.7. The molecule has 1 aromatic carbocycles. The standard InChI is InChI=1S/C29H38BrNO4/c1-17(2)35-24-9-8-18(12-19(24)30)25-26-20(13-28(3,4)15-22(26)32)31(10-11-34-7)21-14-29(5,6)16-23(33)27(21)25/h8-9,12,17,25H,10-11,13-16H2,1-7H3. The van der Waals surface area contributed by atoms with E-state index in [2.05, 4.69) is 48.5 Å². The lowest BCUT2D eigenvalue weighted by Gasteiger charge is -2.49. The Hall–Kier alpha value is -1.92. The first-order valence-electron chi connectivity index (χ1n) is 12.6. The monoisotopic (exact) mass is 543 g/mol. The summed E-state index contributed by atoms with van der Waals surface area (Å²) in [5, 5.41) is 0. The van der Waals surface area contributed by atoms with Crippen LogP contribution in [-0.2, 0) is 14.3 Å². The van der Waals surface area contributed by atoms with Crippen molar-refractivity contribution in [2.75, 3.05) is 20.3 Å². The van der Waals surface area contributed by atoms with E-state index >= 15 is 0 Å². The number of Topliss-reactive ketones (excluding diaryl/α,β-unsaturated/α-hetero) is 2. The molecule has 35 heavy (non-hydrogen) atoms. The molecule has 0 N–H and O–H groups in total. The molecule has 0 aromatic heterocycles. The predicted octanol–water partition coefficient (Wildman–Crippen LogP) is 6.57. The largest absolute Gasteiger partial charge is 0.490 e. The third kappa shape index (κ3) is 5.15. The second-order valence-electron chi connectivity index (χ2n) is 12.0. The number of carbonyl (C=O) groups excluding carboxylic acids is 2. The fraction of sp³-hybridized carbons (Fsp3) is 0.586. The molecule has 0 spiro atoms. The molecule has 4 rings (SSSR count). The zero-order valence-corrected chi connectivity index (χ0v) is 23.7. The number of methoxy groups -OCH3 is 1. The minimum atomic E-state index is -0.351. The third-order valence-electron chi connectivity index (χ3n) is 7.19. The van der Waals surface area contributed by atoms with Gasteiger partial charge in [-0.05, 0) is 71.1 Å². The van der Waals surface area contributed by atoms with E-state index in [0.29, 0.717) is 26.0 Å². The van der Waals surface area contributed by atoms with Gasteiger partial charge in [0.2, 0.25) is 0 Å². The van der Waals surface area contributed by atoms with Crippen LogP contribution in [0.2, 0.25) is 0 Å². The van der Waals surface area contributed by atoms with Crippen molar-refractivity contribution in [2.45, 2.75) is 79.2 Å². The molecule has 0 fully saturated rings. The summed E-state index contributed by atoms with van der Waals surface area (Å²) in [5.41, 5.74) is 4.41. The zero-order valence-electron chi connectivity index (χ0n) is 22.1. The molecule has 0 atom stereocenters. The first kappa shape index (κ1) is 26.2. The fourth-order valence-electron chi connectivity index (χ4n) is 5.88. The van der Waals surface area contributed by atoms with Crippen molar-refractivity contribution < 1.29 is 19.1 Å². The number of ketones is 2. The van der Waals surface area contributed by atoms with Crippen LogP contribution in [0, 0.1) is 10.8 Å². The number of benzene rings is 1. The molecule has 1 aromatic rings. The van der Waals surface area contributed by atoms with E-state index in [0.717, 1.165) is 51.2 Å². The van der Waals surface area contributed by atoms with Gasteiger partial charge in [-0.2, -0.15) is 0 Å². The number of halogens is 1.